The van der Waals surface area contributed by atoms with E-state index in [1.165, 1.54) is 6.07 Å². The Kier molecular flexibility index (Phi) is 5.44. The zero-order valence-corrected chi connectivity index (χ0v) is 11.0. The summed E-state index contributed by atoms with van der Waals surface area (Å²) >= 11 is -1.27. The summed E-state index contributed by atoms with van der Waals surface area (Å²) in [6.07, 6.45) is 2.90. The summed E-state index contributed by atoms with van der Waals surface area (Å²) in [4.78, 5) is 10.7. The molecule has 0 aromatic heterocycles. The van der Waals surface area contributed by atoms with Crippen molar-refractivity contribution in [3.63, 3.8) is 0 Å². The molecule has 0 saturated carbocycles. The average molecular weight is 255 g/mol. The quantitative estimate of drug-likeness (QED) is 0.339. The molecule has 5 heteroatoms. The number of unbranched alkanes of at least 4 members (excludes halogenated alkanes) is 2. The van der Waals surface area contributed by atoms with Gasteiger partial charge in [-0.1, -0.05) is 19.4 Å². The van der Waals surface area contributed by atoms with Crippen molar-refractivity contribution < 1.29 is 9.48 Å². The Labute approximate surface area is 104 Å². The van der Waals surface area contributed by atoms with E-state index in [0.717, 1.165) is 24.8 Å². The van der Waals surface area contributed by atoms with Gasteiger partial charge in [0, 0.05) is 12.1 Å². The molecule has 0 N–H and O–H groups in total. The van der Waals surface area contributed by atoms with Gasteiger partial charge in [0.2, 0.25) is 4.90 Å². The summed E-state index contributed by atoms with van der Waals surface area (Å²) in [5.74, 6) is 0.498. The lowest BCUT2D eigenvalue weighted by molar-refractivity contribution is -0.387. The topological polar surface area (TPSA) is 66.2 Å². The fourth-order valence-corrected chi connectivity index (χ4v) is 2.93. The minimum atomic E-state index is -1.27. The molecule has 1 unspecified atom stereocenters. The third-order valence-corrected chi connectivity index (χ3v) is 3.97. The SMILES string of the molecule is CCCCC[S+]([O-])c1cc(C)ccc1[N+](=O)[O-]. The maximum absolute atomic E-state index is 12.0. The van der Waals surface area contributed by atoms with Crippen LogP contribution in [0.1, 0.15) is 31.7 Å². The van der Waals surface area contributed by atoms with Crippen LogP contribution in [0.3, 0.4) is 0 Å². The van der Waals surface area contributed by atoms with Crippen LogP contribution in [0.4, 0.5) is 5.69 Å². The minimum Gasteiger partial charge on any atom is -0.611 e. The van der Waals surface area contributed by atoms with Crippen molar-refractivity contribution >= 4 is 16.9 Å². The van der Waals surface area contributed by atoms with Gasteiger partial charge in [-0.2, -0.15) is 0 Å². The maximum Gasteiger partial charge on any atom is 0.323 e. The molecule has 0 amide bonds. The molecule has 1 rings (SSSR count). The van der Waals surface area contributed by atoms with Crippen LogP contribution in [0.2, 0.25) is 0 Å². The number of nitro groups is 1. The summed E-state index contributed by atoms with van der Waals surface area (Å²) < 4.78 is 12.0. The van der Waals surface area contributed by atoms with Crippen LogP contribution in [0, 0.1) is 17.0 Å². The molecule has 0 fully saturated rings. The molecule has 0 spiro atoms. The molecule has 0 aliphatic carbocycles. The lowest BCUT2D eigenvalue weighted by atomic mass is 10.2. The van der Waals surface area contributed by atoms with Gasteiger partial charge in [-0.3, -0.25) is 10.1 Å². The lowest BCUT2D eigenvalue weighted by Crippen LogP contribution is -2.09. The molecular formula is C12H17NO3S. The molecule has 0 radical (unpaired) electrons. The van der Waals surface area contributed by atoms with Crippen LogP contribution in [0.5, 0.6) is 0 Å². The Balaban J connectivity index is 2.86. The van der Waals surface area contributed by atoms with Crippen molar-refractivity contribution in [3.05, 3.63) is 33.9 Å². The van der Waals surface area contributed by atoms with Crippen molar-refractivity contribution in [1.82, 2.24) is 0 Å². The second kappa shape index (κ2) is 6.61. The summed E-state index contributed by atoms with van der Waals surface area (Å²) in [5, 5.41) is 10.8. The third-order valence-electron chi connectivity index (χ3n) is 2.49. The van der Waals surface area contributed by atoms with Crippen LogP contribution < -0.4 is 0 Å². The van der Waals surface area contributed by atoms with Gasteiger partial charge in [0.15, 0.2) is 0 Å². The highest BCUT2D eigenvalue weighted by atomic mass is 32.2. The number of hydrogen-bond acceptors (Lipinski definition) is 3. The van der Waals surface area contributed by atoms with E-state index in [0.29, 0.717) is 10.6 Å². The highest BCUT2D eigenvalue weighted by molar-refractivity contribution is 7.91. The molecule has 1 aromatic carbocycles. The number of nitro benzene ring substituents is 1. The van der Waals surface area contributed by atoms with Crippen molar-refractivity contribution in [3.8, 4) is 0 Å². The zero-order valence-electron chi connectivity index (χ0n) is 10.1. The fraction of sp³-hybridized carbons (Fsp3) is 0.500. The second-order valence-corrected chi connectivity index (χ2v) is 5.52. The van der Waals surface area contributed by atoms with Gasteiger partial charge in [0.1, 0.15) is 5.75 Å². The molecule has 1 atom stereocenters. The van der Waals surface area contributed by atoms with Crippen LogP contribution >= 0.6 is 0 Å². The summed E-state index contributed by atoms with van der Waals surface area (Å²) in [5.41, 5.74) is 0.861. The number of rotatable bonds is 6. The molecule has 4 nitrogen and oxygen atoms in total. The Morgan fingerprint density at radius 3 is 2.65 bits per heavy atom. The first-order valence-corrected chi connectivity index (χ1v) is 7.01. The predicted molar refractivity (Wildman–Crippen MR) is 68.6 cm³/mol. The second-order valence-electron chi connectivity index (χ2n) is 3.99. The fourth-order valence-electron chi connectivity index (χ4n) is 1.55. The smallest absolute Gasteiger partial charge is 0.323 e. The van der Waals surface area contributed by atoms with E-state index in [9.17, 15) is 14.7 Å². The molecule has 17 heavy (non-hydrogen) atoms. The van der Waals surface area contributed by atoms with Crippen LogP contribution in [0.15, 0.2) is 23.1 Å². The van der Waals surface area contributed by atoms with Crippen molar-refractivity contribution in [2.45, 2.75) is 38.0 Å². The summed E-state index contributed by atoms with van der Waals surface area (Å²) in [6.45, 7) is 3.91. The van der Waals surface area contributed by atoms with Gasteiger partial charge >= 0.3 is 5.69 Å². The van der Waals surface area contributed by atoms with Gasteiger partial charge in [0.05, 0.1) is 4.92 Å². The highest BCUT2D eigenvalue weighted by Gasteiger charge is 2.23. The normalized spacial score (nSPS) is 12.4. The van der Waals surface area contributed by atoms with Crippen molar-refractivity contribution in [1.29, 1.82) is 0 Å². The molecule has 1 aromatic rings. The number of hydrogen-bond donors (Lipinski definition) is 0. The third kappa shape index (κ3) is 4.02. The Morgan fingerprint density at radius 2 is 2.06 bits per heavy atom. The van der Waals surface area contributed by atoms with Gasteiger partial charge in [-0.15, -0.1) is 0 Å². The molecule has 0 saturated heterocycles. The Morgan fingerprint density at radius 1 is 1.35 bits per heavy atom. The number of benzene rings is 1. The van der Waals surface area contributed by atoms with E-state index in [-0.39, 0.29) is 5.69 Å². The van der Waals surface area contributed by atoms with E-state index in [4.69, 9.17) is 0 Å². The van der Waals surface area contributed by atoms with Crippen LogP contribution in [0.25, 0.3) is 0 Å². The average Bonchev–Trinajstić information content (AvgIpc) is 2.28. The molecule has 0 aliphatic heterocycles. The van der Waals surface area contributed by atoms with Gasteiger partial charge in [-0.25, -0.2) is 0 Å². The largest absolute Gasteiger partial charge is 0.611 e. The van der Waals surface area contributed by atoms with Crippen LogP contribution in [-0.4, -0.2) is 15.2 Å². The molecule has 0 heterocycles. The van der Waals surface area contributed by atoms with Crippen molar-refractivity contribution in [2.75, 3.05) is 5.75 Å². The predicted octanol–water partition coefficient (Wildman–Crippen LogP) is 3.20. The standard InChI is InChI=1S/C12H17NO3S/c1-3-4-5-8-17(16)12-9-10(2)6-7-11(12)13(14)15/h6-7,9H,3-5,8H2,1-2H3. The Bertz CT molecular complexity index is 395. The number of aryl methyl sites for hydroxylation is 1. The highest BCUT2D eigenvalue weighted by Crippen LogP contribution is 2.26. The van der Waals surface area contributed by atoms with Crippen LogP contribution in [-0.2, 0) is 11.2 Å². The first kappa shape index (κ1) is 14.0. The first-order chi connectivity index (χ1) is 8.06. The summed E-state index contributed by atoms with van der Waals surface area (Å²) in [6, 6.07) is 4.76. The molecular weight excluding hydrogens is 238 g/mol. The number of nitrogens with zero attached hydrogens (tertiary/aromatic N) is 1. The molecule has 0 aliphatic rings. The summed E-state index contributed by atoms with van der Waals surface area (Å²) in [7, 11) is 0. The molecule has 0 bridgehead atoms. The van der Waals surface area contributed by atoms with E-state index < -0.39 is 16.1 Å². The molecule has 94 valence electrons. The zero-order chi connectivity index (χ0) is 12.8. The van der Waals surface area contributed by atoms with E-state index in [2.05, 4.69) is 6.92 Å². The Hall–Kier alpha value is -1.07. The monoisotopic (exact) mass is 255 g/mol. The lowest BCUT2D eigenvalue weighted by Gasteiger charge is -2.10. The van der Waals surface area contributed by atoms with Gasteiger partial charge in [0.25, 0.3) is 0 Å². The van der Waals surface area contributed by atoms with E-state index >= 15 is 0 Å². The first-order valence-electron chi connectivity index (χ1n) is 5.69. The minimum absolute atomic E-state index is 0.0366. The van der Waals surface area contributed by atoms with Gasteiger partial charge < -0.3 is 4.55 Å². The van der Waals surface area contributed by atoms with Gasteiger partial charge in [-0.05, 0) is 36.5 Å². The van der Waals surface area contributed by atoms with E-state index in [1.807, 2.05) is 6.92 Å². The maximum atomic E-state index is 12.0. The van der Waals surface area contributed by atoms with Crippen molar-refractivity contribution in [2.24, 2.45) is 0 Å². The van der Waals surface area contributed by atoms with E-state index in [1.54, 1.807) is 12.1 Å².